The summed E-state index contributed by atoms with van der Waals surface area (Å²) in [7, 11) is 0. The van der Waals surface area contributed by atoms with Gasteiger partial charge in [0, 0.05) is 22.2 Å². The van der Waals surface area contributed by atoms with Crippen LogP contribution >= 0.6 is 23.2 Å². The van der Waals surface area contributed by atoms with E-state index in [-0.39, 0.29) is 21.8 Å². The topological polar surface area (TPSA) is 60.4 Å². The zero-order valence-electron chi connectivity index (χ0n) is 13.9. The van der Waals surface area contributed by atoms with E-state index in [0.29, 0.717) is 48.5 Å². The van der Waals surface area contributed by atoms with Crippen molar-refractivity contribution in [3.8, 4) is 0 Å². The number of hydrogen-bond donors (Lipinski definition) is 0. The number of rotatable bonds is 0. The molecule has 0 N–H and O–H groups in total. The Morgan fingerprint density at radius 1 is 0.704 bits per heavy atom. The quantitative estimate of drug-likeness (QED) is 0.244. The van der Waals surface area contributed by atoms with Crippen molar-refractivity contribution in [2.24, 2.45) is 0 Å². The monoisotopic (exact) mass is 396 g/mol. The van der Waals surface area contributed by atoms with Gasteiger partial charge >= 0.3 is 0 Å². The summed E-state index contributed by atoms with van der Waals surface area (Å²) in [4.78, 5) is 26.2. The van der Waals surface area contributed by atoms with Crippen LogP contribution in [0.4, 0.5) is 0 Å². The van der Waals surface area contributed by atoms with Crippen LogP contribution in [-0.2, 0) is 0 Å². The first kappa shape index (κ1) is 16.4. The molecule has 0 aliphatic carbocycles. The lowest BCUT2D eigenvalue weighted by atomic mass is 10.0. The zero-order chi connectivity index (χ0) is 18.9. The highest BCUT2D eigenvalue weighted by atomic mass is 35.5. The summed E-state index contributed by atoms with van der Waals surface area (Å²) >= 11 is 12.1. The molecule has 0 amide bonds. The molecule has 6 heteroatoms. The molecule has 0 atom stereocenters. The van der Waals surface area contributed by atoms with Gasteiger partial charge in [-0.1, -0.05) is 23.2 Å². The van der Waals surface area contributed by atoms with Gasteiger partial charge in [0.05, 0.1) is 16.2 Å². The summed E-state index contributed by atoms with van der Waals surface area (Å²) in [6.07, 6.45) is 0. The summed E-state index contributed by atoms with van der Waals surface area (Å²) < 4.78 is 11.9. The fourth-order valence-corrected chi connectivity index (χ4v) is 3.76. The lowest BCUT2D eigenvalue weighted by molar-refractivity contribution is 0.647. The zero-order valence-corrected chi connectivity index (χ0v) is 15.4. The molecule has 0 aliphatic rings. The lowest BCUT2D eigenvalue weighted by Crippen LogP contribution is -2.08. The highest BCUT2D eigenvalue weighted by Gasteiger charge is 2.18. The molecule has 0 spiro atoms. The van der Waals surface area contributed by atoms with Gasteiger partial charge in [-0.3, -0.25) is 9.59 Å². The van der Waals surface area contributed by atoms with Gasteiger partial charge in [-0.2, -0.15) is 0 Å². The summed E-state index contributed by atoms with van der Waals surface area (Å²) in [5.74, 6) is 0. The molecule has 5 aromatic rings. The van der Waals surface area contributed by atoms with Gasteiger partial charge in [0.15, 0.2) is 5.58 Å². The van der Waals surface area contributed by atoms with Crippen molar-refractivity contribution in [1.29, 1.82) is 0 Å². The van der Waals surface area contributed by atoms with Crippen molar-refractivity contribution in [3.05, 3.63) is 78.5 Å². The predicted molar refractivity (Wildman–Crippen MR) is 108 cm³/mol. The fraction of sp³-hybridized carbons (Fsp3) is 0.0476. The maximum absolute atomic E-state index is 13.2. The van der Waals surface area contributed by atoms with Crippen LogP contribution in [0.15, 0.2) is 60.9 Å². The highest BCUT2D eigenvalue weighted by molar-refractivity contribution is 6.31. The summed E-state index contributed by atoms with van der Waals surface area (Å²) in [6.45, 7) is 1.78. The number of hydrogen-bond acceptors (Lipinski definition) is 4. The van der Waals surface area contributed by atoms with E-state index in [9.17, 15) is 9.59 Å². The molecule has 0 unspecified atom stereocenters. The molecule has 0 saturated heterocycles. The molecule has 0 radical (unpaired) electrons. The van der Waals surface area contributed by atoms with E-state index in [0.717, 1.165) is 0 Å². The molecule has 3 aromatic carbocycles. The van der Waals surface area contributed by atoms with E-state index < -0.39 is 0 Å². The van der Waals surface area contributed by atoms with Gasteiger partial charge < -0.3 is 8.83 Å². The minimum absolute atomic E-state index is 0.195. The van der Waals surface area contributed by atoms with Crippen LogP contribution in [-0.4, -0.2) is 0 Å². The SMILES string of the molecule is Cc1cc2c(=O)c3ccc(Cl)cc3oc2c2c(=O)c3ccc(Cl)cc3oc12. The average Bonchev–Trinajstić information content (AvgIpc) is 2.63. The van der Waals surface area contributed by atoms with Gasteiger partial charge in [-0.25, -0.2) is 0 Å². The van der Waals surface area contributed by atoms with E-state index in [1.807, 2.05) is 0 Å². The summed E-state index contributed by atoms with van der Waals surface area (Å²) in [6, 6.07) is 11.3. The van der Waals surface area contributed by atoms with E-state index in [1.165, 1.54) is 0 Å². The normalized spacial score (nSPS) is 11.8. The number of fused-ring (bicyclic) bond motifs is 5. The molecular weight excluding hydrogens is 387 g/mol. The molecule has 0 aliphatic heterocycles. The Balaban J connectivity index is 2.11. The van der Waals surface area contributed by atoms with Gasteiger partial charge in [-0.05, 0) is 42.8 Å². The lowest BCUT2D eigenvalue weighted by Gasteiger charge is -2.08. The third-order valence-electron chi connectivity index (χ3n) is 4.69. The van der Waals surface area contributed by atoms with E-state index >= 15 is 0 Å². The second-order valence-corrected chi connectivity index (χ2v) is 7.29. The number of halogens is 2. The Morgan fingerprint density at radius 3 is 1.89 bits per heavy atom. The molecule has 0 saturated carbocycles. The van der Waals surface area contributed by atoms with Crippen molar-refractivity contribution in [3.63, 3.8) is 0 Å². The van der Waals surface area contributed by atoms with Crippen molar-refractivity contribution in [1.82, 2.24) is 0 Å². The van der Waals surface area contributed by atoms with Crippen LogP contribution in [0.5, 0.6) is 0 Å². The minimum atomic E-state index is -0.277. The first-order chi connectivity index (χ1) is 12.9. The predicted octanol–water partition coefficient (Wildman–Crippen LogP) is 5.82. The van der Waals surface area contributed by atoms with Crippen LogP contribution in [0.1, 0.15) is 5.56 Å². The first-order valence-corrected chi connectivity index (χ1v) is 8.91. The third-order valence-corrected chi connectivity index (χ3v) is 5.16. The molecule has 0 bridgehead atoms. The van der Waals surface area contributed by atoms with Crippen molar-refractivity contribution in [2.45, 2.75) is 6.92 Å². The minimum Gasteiger partial charge on any atom is -0.455 e. The van der Waals surface area contributed by atoms with Gasteiger partial charge in [0.25, 0.3) is 0 Å². The smallest absolute Gasteiger partial charge is 0.204 e. The standard InChI is InChI=1S/C21H10Cl2O4/c1-9-6-14-18(24)12-4-2-10(22)7-15(12)27-21(14)17-19(25)13-5-3-11(23)8-16(13)26-20(9)17/h2-8H,1H3. The van der Waals surface area contributed by atoms with Gasteiger partial charge in [0.2, 0.25) is 10.9 Å². The van der Waals surface area contributed by atoms with E-state index in [4.69, 9.17) is 32.0 Å². The van der Waals surface area contributed by atoms with Crippen LogP contribution < -0.4 is 10.9 Å². The molecular formula is C21H10Cl2O4. The Kier molecular flexibility index (Phi) is 3.39. The molecule has 27 heavy (non-hydrogen) atoms. The molecule has 132 valence electrons. The maximum atomic E-state index is 13.2. The molecule has 2 heterocycles. The van der Waals surface area contributed by atoms with Gasteiger partial charge in [0.1, 0.15) is 22.1 Å². The summed E-state index contributed by atoms with van der Waals surface area (Å²) in [5.41, 5.74) is 1.43. The molecule has 4 nitrogen and oxygen atoms in total. The van der Waals surface area contributed by atoms with E-state index in [1.54, 1.807) is 49.4 Å². The Labute approximate surface area is 161 Å². The Hall–Kier alpha value is -2.82. The Morgan fingerprint density at radius 2 is 1.26 bits per heavy atom. The highest BCUT2D eigenvalue weighted by Crippen LogP contribution is 2.31. The summed E-state index contributed by atoms with van der Waals surface area (Å²) in [5, 5.41) is 2.24. The third kappa shape index (κ3) is 2.30. The fourth-order valence-electron chi connectivity index (χ4n) is 3.43. The maximum Gasteiger partial charge on any atom is 0.204 e. The second kappa shape index (κ2) is 5.59. The van der Waals surface area contributed by atoms with Crippen molar-refractivity contribution >= 4 is 67.1 Å². The second-order valence-electron chi connectivity index (χ2n) is 6.42. The van der Waals surface area contributed by atoms with Gasteiger partial charge in [-0.15, -0.1) is 0 Å². The number of aryl methyl sites for hydroxylation is 1. The van der Waals surface area contributed by atoms with Crippen molar-refractivity contribution in [2.75, 3.05) is 0 Å². The van der Waals surface area contributed by atoms with Crippen LogP contribution in [0.3, 0.4) is 0 Å². The van der Waals surface area contributed by atoms with E-state index in [2.05, 4.69) is 0 Å². The number of benzene rings is 3. The van der Waals surface area contributed by atoms with Crippen LogP contribution in [0.2, 0.25) is 10.0 Å². The first-order valence-electron chi connectivity index (χ1n) is 8.16. The largest absolute Gasteiger partial charge is 0.455 e. The average molecular weight is 397 g/mol. The molecule has 5 rings (SSSR count). The van der Waals surface area contributed by atoms with Crippen LogP contribution in [0.25, 0.3) is 43.9 Å². The van der Waals surface area contributed by atoms with Crippen molar-refractivity contribution < 1.29 is 8.83 Å². The Bertz CT molecular complexity index is 1540. The molecule has 2 aromatic heterocycles. The van der Waals surface area contributed by atoms with Crippen LogP contribution in [0, 0.1) is 6.92 Å². The molecule has 0 fully saturated rings.